The van der Waals surface area contributed by atoms with Gasteiger partial charge >= 0.3 is 5.97 Å². The highest BCUT2D eigenvalue weighted by molar-refractivity contribution is 6.30. The molecule has 0 atom stereocenters. The Balaban J connectivity index is 1.66. The van der Waals surface area contributed by atoms with Gasteiger partial charge in [-0.1, -0.05) is 47.1 Å². The second-order valence-corrected chi connectivity index (χ2v) is 5.75. The van der Waals surface area contributed by atoms with Crippen LogP contribution in [0.2, 0.25) is 5.02 Å². The molecule has 7 nitrogen and oxygen atoms in total. The third-order valence-electron chi connectivity index (χ3n) is 3.44. The van der Waals surface area contributed by atoms with E-state index in [0.29, 0.717) is 27.9 Å². The van der Waals surface area contributed by atoms with E-state index < -0.39 is 18.5 Å². The summed E-state index contributed by atoms with van der Waals surface area (Å²) in [4.78, 5) is 28.2. The number of hydrogen-bond acceptors (Lipinski definition) is 6. The number of aromatic nitrogens is 2. The molecule has 0 unspecified atom stereocenters. The molecule has 26 heavy (non-hydrogen) atoms. The molecule has 0 aliphatic rings. The highest BCUT2D eigenvalue weighted by Crippen LogP contribution is 2.25. The Morgan fingerprint density at radius 3 is 2.65 bits per heavy atom. The molecule has 1 amide bonds. The van der Waals surface area contributed by atoms with Crippen LogP contribution in [0, 0.1) is 6.92 Å². The number of carbonyl (C=O) groups excluding carboxylic acids is 2. The van der Waals surface area contributed by atoms with Gasteiger partial charge in [-0.3, -0.25) is 4.79 Å². The maximum atomic E-state index is 12.4. The summed E-state index contributed by atoms with van der Waals surface area (Å²) >= 11 is 5.73. The number of pyridine rings is 1. The summed E-state index contributed by atoms with van der Waals surface area (Å²) in [5.41, 5.74) is 1.27. The third kappa shape index (κ3) is 4.07. The highest BCUT2D eigenvalue weighted by atomic mass is 35.5. The lowest BCUT2D eigenvalue weighted by atomic mass is 10.1. The molecule has 2 heterocycles. The van der Waals surface area contributed by atoms with E-state index in [4.69, 9.17) is 20.9 Å². The lowest BCUT2D eigenvalue weighted by Crippen LogP contribution is -2.21. The molecule has 0 saturated carbocycles. The van der Waals surface area contributed by atoms with E-state index in [1.807, 2.05) is 18.2 Å². The van der Waals surface area contributed by atoms with Crippen molar-refractivity contribution in [3.63, 3.8) is 0 Å². The van der Waals surface area contributed by atoms with E-state index in [9.17, 15) is 9.59 Å². The fraction of sp³-hybridized carbons (Fsp3) is 0.111. The van der Waals surface area contributed by atoms with Gasteiger partial charge < -0.3 is 14.6 Å². The molecule has 1 N–H and O–H groups in total. The molecule has 0 bridgehead atoms. The van der Waals surface area contributed by atoms with Crippen LogP contribution in [0.4, 0.5) is 5.82 Å². The number of aryl methyl sites for hydroxylation is 1. The minimum atomic E-state index is -0.693. The van der Waals surface area contributed by atoms with Gasteiger partial charge in [-0.15, -0.1) is 0 Å². The molecular weight excluding hydrogens is 358 g/mol. The SMILES string of the molecule is Cc1onc(-c2ccccc2)c1C(=O)OCC(=O)Nc1ccc(Cl)cn1. The monoisotopic (exact) mass is 371 g/mol. The molecule has 132 valence electrons. The van der Waals surface area contributed by atoms with E-state index in [-0.39, 0.29) is 5.56 Å². The lowest BCUT2D eigenvalue weighted by Gasteiger charge is -2.06. The second kappa shape index (κ2) is 7.79. The molecule has 3 rings (SSSR count). The molecular formula is C18H14ClN3O4. The maximum absolute atomic E-state index is 12.4. The Morgan fingerprint density at radius 1 is 1.19 bits per heavy atom. The Hall–Kier alpha value is -3.19. The molecule has 0 saturated heterocycles. The average molecular weight is 372 g/mol. The topological polar surface area (TPSA) is 94.3 Å². The van der Waals surface area contributed by atoms with E-state index in [1.165, 1.54) is 6.20 Å². The van der Waals surface area contributed by atoms with Crippen LogP contribution in [0.25, 0.3) is 11.3 Å². The van der Waals surface area contributed by atoms with Gasteiger partial charge in [0.2, 0.25) is 0 Å². The Bertz CT molecular complexity index is 923. The first-order chi connectivity index (χ1) is 12.5. The number of anilines is 1. The summed E-state index contributed by atoms with van der Waals surface area (Å²) in [7, 11) is 0. The van der Waals surface area contributed by atoms with Crippen LogP contribution in [0.5, 0.6) is 0 Å². The zero-order valence-corrected chi connectivity index (χ0v) is 14.5. The van der Waals surface area contributed by atoms with Gasteiger partial charge in [0.05, 0.1) is 5.02 Å². The van der Waals surface area contributed by atoms with Crippen LogP contribution in [0.1, 0.15) is 16.1 Å². The van der Waals surface area contributed by atoms with Crippen molar-refractivity contribution >= 4 is 29.3 Å². The maximum Gasteiger partial charge on any atom is 0.344 e. The van der Waals surface area contributed by atoms with Gasteiger partial charge in [-0.05, 0) is 19.1 Å². The van der Waals surface area contributed by atoms with E-state index in [2.05, 4.69) is 15.5 Å². The van der Waals surface area contributed by atoms with Crippen LogP contribution in [0.3, 0.4) is 0 Å². The van der Waals surface area contributed by atoms with Gasteiger partial charge in [0.15, 0.2) is 6.61 Å². The second-order valence-electron chi connectivity index (χ2n) is 5.31. The van der Waals surface area contributed by atoms with Crippen molar-refractivity contribution in [1.29, 1.82) is 0 Å². The van der Waals surface area contributed by atoms with Crippen LogP contribution < -0.4 is 5.32 Å². The summed E-state index contributed by atoms with van der Waals surface area (Å²) in [6.45, 7) is 1.13. The highest BCUT2D eigenvalue weighted by Gasteiger charge is 2.23. The van der Waals surface area contributed by atoms with E-state index in [1.54, 1.807) is 31.2 Å². The van der Waals surface area contributed by atoms with Gasteiger partial charge in [-0.2, -0.15) is 0 Å². The third-order valence-corrected chi connectivity index (χ3v) is 3.67. The summed E-state index contributed by atoms with van der Waals surface area (Å²) in [5, 5.41) is 6.87. The standard InChI is InChI=1S/C18H14ClN3O4/c1-11-16(17(22-26-11)12-5-3-2-4-6-12)18(24)25-10-15(23)21-14-8-7-13(19)9-20-14/h2-9H,10H2,1H3,(H,20,21,23). The molecule has 0 radical (unpaired) electrons. The number of ether oxygens (including phenoxy) is 1. The van der Waals surface area contributed by atoms with Gasteiger partial charge in [-0.25, -0.2) is 9.78 Å². The predicted octanol–water partition coefficient (Wildman–Crippen LogP) is 3.49. The fourth-order valence-electron chi connectivity index (χ4n) is 2.24. The molecule has 8 heteroatoms. The number of amides is 1. The molecule has 0 aliphatic carbocycles. The van der Waals surface area contributed by atoms with Crippen molar-refractivity contribution in [3.05, 3.63) is 65.0 Å². The van der Waals surface area contributed by atoms with Crippen LogP contribution in [0.15, 0.2) is 53.2 Å². The smallest absolute Gasteiger partial charge is 0.344 e. The van der Waals surface area contributed by atoms with Gasteiger partial charge in [0.1, 0.15) is 22.8 Å². The Labute approximate surface area is 153 Å². The van der Waals surface area contributed by atoms with Crippen LogP contribution in [-0.2, 0) is 9.53 Å². The Kier molecular flexibility index (Phi) is 5.28. The lowest BCUT2D eigenvalue weighted by molar-refractivity contribution is -0.119. The molecule has 0 aliphatic heterocycles. The number of nitrogens with one attached hydrogen (secondary N) is 1. The van der Waals surface area contributed by atoms with E-state index >= 15 is 0 Å². The summed E-state index contributed by atoms with van der Waals surface area (Å²) in [5.74, 6) is -0.597. The molecule has 1 aromatic carbocycles. The summed E-state index contributed by atoms with van der Waals surface area (Å²) in [6, 6.07) is 12.2. The number of carbonyl (C=O) groups is 2. The molecule has 3 aromatic rings. The van der Waals surface area contributed by atoms with Crippen molar-refractivity contribution in [1.82, 2.24) is 10.1 Å². The van der Waals surface area contributed by atoms with Crippen molar-refractivity contribution in [2.45, 2.75) is 6.92 Å². The van der Waals surface area contributed by atoms with Crippen molar-refractivity contribution in [2.24, 2.45) is 0 Å². The largest absolute Gasteiger partial charge is 0.452 e. The first-order valence-electron chi connectivity index (χ1n) is 7.65. The number of halogens is 1. The number of esters is 1. The zero-order valence-electron chi connectivity index (χ0n) is 13.7. The minimum absolute atomic E-state index is 0.189. The number of hydrogen-bond donors (Lipinski definition) is 1. The summed E-state index contributed by atoms with van der Waals surface area (Å²) in [6.07, 6.45) is 1.40. The fourth-order valence-corrected chi connectivity index (χ4v) is 2.35. The Morgan fingerprint density at radius 2 is 1.96 bits per heavy atom. The summed E-state index contributed by atoms with van der Waals surface area (Å²) < 4.78 is 10.2. The van der Waals surface area contributed by atoms with Gasteiger partial charge in [0.25, 0.3) is 5.91 Å². The minimum Gasteiger partial charge on any atom is -0.452 e. The van der Waals surface area contributed by atoms with E-state index in [0.717, 1.165) is 0 Å². The number of nitrogens with zero attached hydrogens (tertiary/aromatic N) is 2. The van der Waals surface area contributed by atoms with Crippen LogP contribution in [-0.4, -0.2) is 28.6 Å². The quantitative estimate of drug-likeness (QED) is 0.690. The van der Waals surface area contributed by atoms with Crippen LogP contribution >= 0.6 is 11.6 Å². The first kappa shape index (κ1) is 17.6. The molecule has 2 aromatic heterocycles. The average Bonchev–Trinajstić information content (AvgIpc) is 3.04. The molecule has 0 spiro atoms. The zero-order chi connectivity index (χ0) is 18.5. The van der Waals surface area contributed by atoms with Crippen molar-refractivity contribution in [3.8, 4) is 11.3 Å². The number of benzene rings is 1. The normalized spacial score (nSPS) is 10.4. The van der Waals surface area contributed by atoms with Crippen molar-refractivity contribution in [2.75, 3.05) is 11.9 Å². The van der Waals surface area contributed by atoms with Crippen molar-refractivity contribution < 1.29 is 18.8 Å². The predicted molar refractivity (Wildman–Crippen MR) is 94.8 cm³/mol. The first-order valence-corrected chi connectivity index (χ1v) is 8.02. The molecule has 0 fully saturated rings. The van der Waals surface area contributed by atoms with Gasteiger partial charge in [0, 0.05) is 11.8 Å². The number of rotatable bonds is 5.